The number of thioether (sulfide) groups is 1. The minimum absolute atomic E-state index is 0.0863. The minimum atomic E-state index is -0.142. The van der Waals surface area contributed by atoms with E-state index in [9.17, 15) is 4.79 Å². The third kappa shape index (κ3) is 3.82. The van der Waals surface area contributed by atoms with Gasteiger partial charge in [0.2, 0.25) is 5.89 Å². The number of para-hydroxylation sites is 2. The van der Waals surface area contributed by atoms with Crippen molar-refractivity contribution in [3.63, 3.8) is 0 Å². The van der Waals surface area contributed by atoms with Crippen molar-refractivity contribution in [2.75, 3.05) is 0 Å². The molecule has 2 heterocycles. The largest absolute Gasteiger partial charge is 0.338 e. The van der Waals surface area contributed by atoms with Crippen LogP contribution in [0.15, 0.2) is 63.0 Å². The normalized spacial score (nSPS) is 12.4. The number of hydrogen-bond acceptors (Lipinski definition) is 6. The van der Waals surface area contributed by atoms with E-state index in [4.69, 9.17) is 9.51 Å². The van der Waals surface area contributed by atoms with Crippen molar-refractivity contribution in [3.05, 3.63) is 76.2 Å². The second-order valence-corrected chi connectivity index (χ2v) is 8.21. The molecule has 4 rings (SSSR count). The van der Waals surface area contributed by atoms with Crippen LogP contribution in [0.2, 0.25) is 0 Å². The Labute approximate surface area is 173 Å². The van der Waals surface area contributed by atoms with Gasteiger partial charge < -0.3 is 4.52 Å². The lowest BCUT2D eigenvalue weighted by Gasteiger charge is -2.16. The van der Waals surface area contributed by atoms with Crippen LogP contribution in [0.1, 0.15) is 42.8 Å². The van der Waals surface area contributed by atoms with E-state index >= 15 is 0 Å². The van der Waals surface area contributed by atoms with E-state index in [1.807, 2.05) is 62.4 Å². The van der Waals surface area contributed by atoms with E-state index in [-0.39, 0.29) is 10.8 Å². The quantitative estimate of drug-likeness (QED) is 0.335. The van der Waals surface area contributed by atoms with Gasteiger partial charge in [-0.2, -0.15) is 4.98 Å². The second kappa shape index (κ2) is 8.21. The molecular weight excluding hydrogens is 384 g/mol. The third-order valence-electron chi connectivity index (χ3n) is 4.69. The molecule has 0 radical (unpaired) electrons. The molecule has 0 fully saturated rings. The molecule has 0 aliphatic carbocycles. The zero-order valence-electron chi connectivity index (χ0n) is 16.6. The molecule has 6 nitrogen and oxygen atoms in total. The fraction of sp³-hybridized carbons (Fsp3) is 0.273. The first-order chi connectivity index (χ1) is 14.1. The Morgan fingerprint density at radius 3 is 2.66 bits per heavy atom. The van der Waals surface area contributed by atoms with Crippen LogP contribution in [0, 0.1) is 6.92 Å². The molecule has 0 bridgehead atoms. The van der Waals surface area contributed by atoms with Gasteiger partial charge in [-0.3, -0.25) is 9.36 Å². The first kappa shape index (κ1) is 19.4. The number of hydrogen-bond donors (Lipinski definition) is 0. The Kier molecular flexibility index (Phi) is 5.49. The maximum atomic E-state index is 13.4. The Balaban J connectivity index is 1.83. The van der Waals surface area contributed by atoms with Crippen LogP contribution in [0.5, 0.6) is 0 Å². The summed E-state index contributed by atoms with van der Waals surface area (Å²) in [4.78, 5) is 22.7. The fourth-order valence-corrected chi connectivity index (χ4v) is 4.13. The number of benzene rings is 2. The first-order valence-corrected chi connectivity index (χ1v) is 10.5. The van der Waals surface area contributed by atoms with Gasteiger partial charge in [0.25, 0.3) is 5.56 Å². The van der Waals surface area contributed by atoms with E-state index in [1.165, 1.54) is 11.8 Å². The highest BCUT2D eigenvalue weighted by Gasteiger charge is 2.21. The Hall–Kier alpha value is -2.93. The zero-order chi connectivity index (χ0) is 20.4. The second-order valence-electron chi connectivity index (χ2n) is 6.90. The SMILES string of the molecule is CCCc1noc([C@@H](C)Sc2nc3ccccc3c(=O)n2-c2ccccc2C)n1. The van der Waals surface area contributed by atoms with Gasteiger partial charge in [0.05, 0.1) is 21.8 Å². The number of rotatable bonds is 6. The van der Waals surface area contributed by atoms with Crippen molar-refractivity contribution in [2.24, 2.45) is 0 Å². The van der Waals surface area contributed by atoms with E-state index in [0.717, 1.165) is 24.1 Å². The molecule has 7 heteroatoms. The maximum Gasteiger partial charge on any atom is 0.266 e. The Morgan fingerprint density at radius 1 is 1.10 bits per heavy atom. The molecule has 2 aromatic carbocycles. The molecule has 0 unspecified atom stereocenters. The summed E-state index contributed by atoms with van der Waals surface area (Å²) in [6, 6.07) is 15.2. The van der Waals surface area contributed by atoms with Crippen molar-refractivity contribution in [2.45, 2.75) is 44.0 Å². The monoisotopic (exact) mass is 406 g/mol. The Morgan fingerprint density at radius 2 is 1.86 bits per heavy atom. The predicted octanol–water partition coefficient (Wildman–Crippen LogP) is 4.88. The van der Waals surface area contributed by atoms with Gasteiger partial charge in [-0.05, 0) is 44.0 Å². The van der Waals surface area contributed by atoms with Crippen LogP contribution >= 0.6 is 11.8 Å². The predicted molar refractivity (Wildman–Crippen MR) is 115 cm³/mol. The molecule has 29 heavy (non-hydrogen) atoms. The van der Waals surface area contributed by atoms with Crippen LogP contribution in [0.4, 0.5) is 0 Å². The lowest BCUT2D eigenvalue weighted by molar-refractivity contribution is 0.374. The Bertz CT molecular complexity index is 1210. The van der Waals surface area contributed by atoms with Crippen molar-refractivity contribution in [3.8, 4) is 5.69 Å². The molecular formula is C22H22N4O2S. The molecule has 1 atom stereocenters. The molecule has 0 saturated carbocycles. The van der Waals surface area contributed by atoms with Gasteiger partial charge in [0.1, 0.15) is 0 Å². The summed E-state index contributed by atoms with van der Waals surface area (Å²) in [6.45, 7) is 6.05. The topological polar surface area (TPSA) is 73.8 Å². The molecule has 148 valence electrons. The summed E-state index contributed by atoms with van der Waals surface area (Å²) < 4.78 is 7.12. The summed E-state index contributed by atoms with van der Waals surface area (Å²) in [6.07, 6.45) is 1.74. The summed E-state index contributed by atoms with van der Waals surface area (Å²) in [5, 5.41) is 5.10. The summed E-state index contributed by atoms with van der Waals surface area (Å²) in [7, 11) is 0. The average Bonchev–Trinajstić information content (AvgIpc) is 3.18. The van der Waals surface area contributed by atoms with Gasteiger partial charge in [-0.15, -0.1) is 0 Å². The zero-order valence-corrected chi connectivity index (χ0v) is 17.4. The minimum Gasteiger partial charge on any atom is -0.338 e. The highest BCUT2D eigenvalue weighted by atomic mass is 32.2. The van der Waals surface area contributed by atoms with Gasteiger partial charge in [0, 0.05) is 6.42 Å². The average molecular weight is 407 g/mol. The van der Waals surface area contributed by atoms with Gasteiger partial charge >= 0.3 is 0 Å². The van der Waals surface area contributed by atoms with E-state index in [0.29, 0.717) is 27.8 Å². The van der Waals surface area contributed by atoms with Gasteiger partial charge in [-0.25, -0.2) is 4.98 Å². The number of nitrogens with zero attached hydrogens (tertiary/aromatic N) is 4. The van der Waals surface area contributed by atoms with Crippen LogP contribution in [0.25, 0.3) is 16.6 Å². The highest BCUT2D eigenvalue weighted by molar-refractivity contribution is 7.99. The molecule has 2 aromatic heterocycles. The highest BCUT2D eigenvalue weighted by Crippen LogP contribution is 2.34. The molecule has 0 aliphatic heterocycles. The molecule has 0 saturated heterocycles. The van der Waals surface area contributed by atoms with Crippen molar-refractivity contribution < 1.29 is 4.52 Å². The molecule has 0 spiro atoms. The maximum absolute atomic E-state index is 13.4. The summed E-state index contributed by atoms with van der Waals surface area (Å²) >= 11 is 1.44. The summed E-state index contributed by atoms with van der Waals surface area (Å²) in [5.74, 6) is 1.25. The molecule has 4 aromatic rings. The van der Waals surface area contributed by atoms with Crippen LogP contribution in [0.3, 0.4) is 0 Å². The van der Waals surface area contributed by atoms with E-state index in [1.54, 1.807) is 4.57 Å². The van der Waals surface area contributed by atoms with Crippen LogP contribution in [-0.4, -0.2) is 19.7 Å². The van der Waals surface area contributed by atoms with Gasteiger partial charge in [-0.1, -0.05) is 54.2 Å². The lowest BCUT2D eigenvalue weighted by atomic mass is 10.2. The van der Waals surface area contributed by atoms with Crippen LogP contribution < -0.4 is 5.56 Å². The number of aromatic nitrogens is 4. The molecule has 0 aliphatic rings. The molecule has 0 amide bonds. The van der Waals surface area contributed by atoms with Crippen molar-refractivity contribution >= 4 is 22.7 Å². The van der Waals surface area contributed by atoms with E-state index in [2.05, 4.69) is 17.1 Å². The van der Waals surface area contributed by atoms with Crippen LogP contribution in [-0.2, 0) is 6.42 Å². The van der Waals surface area contributed by atoms with Crippen molar-refractivity contribution in [1.82, 2.24) is 19.7 Å². The van der Waals surface area contributed by atoms with Gasteiger partial charge in [0.15, 0.2) is 11.0 Å². The first-order valence-electron chi connectivity index (χ1n) is 9.65. The third-order valence-corrected chi connectivity index (χ3v) is 5.73. The lowest BCUT2D eigenvalue weighted by Crippen LogP contribution is -2.22. The molecule has 0 N–H and O–H groups in total. The van der Waals surface area contributed by atoms with Crippen molar-refractivity contribution in [1.29, 1.82) is 0 Å². The number of aryl methyl sites for hydroxylation is 2. The number of fused-ring (bicyclic) bond motifs is 1. The smallest absolute Gasteiger partial charge is 0.266 e. The summed E-state index contributed by atoms with van der Waals surface area (Å²) in [5.41, 5.74) is 2.41. The van der Waals surface area contributed by atoms with E-state index < -0.39 is 0 Å². The standard InChI is InChI=1S/C22H22N4O2S/c1-4-9-19-24-20(28-25-19)15(3)29-22-23-17-12-7-6-11-16(17)21(27)26(22)18-13-8-5-10-14(18)2/h5-8,10-13,15H,4,9H2,1-3H3/t15-/m1/s1. The fourth-order valence-electron chi connectivity index (χ4n) is 3.18.